The molecule has 4 heteroatoms. The first-order valence-electron chi connectivity index (χ1n) is 19.7. The Morgan fingerprint density at radius 3 is 1.76 bits per heavy atom. The zero-order valence-corrected chi connectivity index (χ0v) is 33.1. The van der Waals surface area contributed by atoms with Gasteiger partial charge in [-0.2, -0.15) is 0 Å². The average Bonchev–Trinajstić information content (AvgIpc) is 3.97. The number of furan rings is 1. The molecule has 0 saturated heterocycles. The third-order valence-corrected chi connectivity index (χ3v) is 14.0. The molecule has 0 aliphatic rings. The molecular weight excluding hydrogens is 772 g/mol. The number of hydrogen-bond acceptors (Lipinski definition) is 2. The SMILES string of the molecule is c1ccc(-n2c3ccccc3c3cc(-c4ccc(N(c5ccc(-c6ccc7c(c6)[se]c6ccccc67)cc5)c5cccc6oc7ccccc7c56)cc4)ccc32)cc1. The molecule has 0 aliphatic heterocycles. The van der Waals surface area contributed by atoms with Crippen molar-refractivity contribution < 1.29 is 4.42 Å². The van der Waals surface area contributed by atoms with Crippen LogP contribution >= 0.6 is 0 Å². The third-order valence-electron chi connectivity index (χ3n) is 11.6. The van der Waals surface area contributed by atoms with E-state index in [9.17, 15) is 0 Å². The number of fused-ring (bicyclic) bond motifs is 9. The van der Waals surface area contributed by atoms with Crippen molar-refractivity contribution in [3.63, 3.8) is 0 Å². The Morgan fingerprint density at radius 1 is 0.379 bits per heavy atom. The molecule has 0 bridgehead atoms. The second-order valence-electron chi connectivity index (χ2n) is 14.9. The quantitative estimate of drug-likeness (QED) is 0.156. The molecule has 0 radical (unpaired) electrons. The molecule has 12 aromatic rings. The van der Waals surface area contributed by atoms with Gasteiger partial charge in [-0.25, -0.2) is 0 Å². The van der Waals surface area contributed by atoms with Crippen molar-refractivity contribution in [1.82, 2.24) is 4.57 Å². The fourth-order valence-corrected chi connectivity index (χ4v) is 11.3. The van der Waals surface area contributed by atoms with Crippen molar-refractivity contribution in [3.8, 4) is 27.9 Å². The van der Waals surface area contributed by atoms with Crippen LogP contribution in [0.3, 0.4) is 0 Å². The van der Waals surface area contributed by atoms with Gasteiger partial charge >= 0.3 is 214 Å². The van der Waals surface area contributed by atoms with Crippen LogP contribution in [-0.2, 0) is 0 Å². The van der Waals surface area contributed by atoms with E-state index in [0.29, 0.717) is 14.5 Å². The summed E-state index contributed by atoms with van der Waals surface area (Å²) in [5, 5.41) is 7.47. The molecule has 0 amide bonds. The van der Waals surface area contributed by atoms with Gasteiger partial charge in [0.15, 0.2) is 0 Å². The van der Waals surface area contributed by atoms with Crippen molar-refractivity contribution in [2.45, 2.75) is 0 Å². The standard InChI is InChI=1S/C54H34N2OSe/c1-2-11-39(12-3-1)56-47-16-7-4-13-42(47)46-33-37(26-32-48(46)56)35-21-27-40(28-22-35)55(49-17-10-19-51-54(49)45-15-5-8-18-50(45)57-51)41-29-23-36(24-30-41)38-25-31-44-43-14-6-9-20-52(43)58-53(44)34-38/h1-34H. The fourth-order valence-electron chi connectivity index (χ4n) is 8.89. The van der Waals surface area contributed by atoms with Gasteiger partial charge in [-0.15, -0.1) is 0 Å². The van der Waals surface area contributed by atoms with E-state index < -0.39 is 0 Å². The Bertz CT molecular complexity index is 3500. The first-order chi connectivity index (χ1) is 28.7. The van der Waals surface area contributed by atoms with Crippen LogP contribution in [0.25, 0.3) is 91.0 Å². The Balaban J connectivity index is 0.967. The number of rotatable bonds is 6. The minimum atomic E-state index is 0.323. The van der Waals surface area contributed by atoms with Crippen molar-refractivity contribution >= 4 is 94.6 Å². The molecule has 0 N–H and O–H groups in total. The maximum absolute atomic E-state index is 6.40. The smallest absolute Gasteiger partial charge is 0.0541 e. The van der Waals surface area contributed by atoms with E-state index in [2.05, 4.69) is 210 Å². The van der Waals surface area contributed by atoms with E-state index in [1.165, 1.54) is 69.0 Å². The van der Waals surface area contributed by atoms with E-state index in [0.717, 1.165) is 39.0 Å². The van der Waals surface area contributed by atoms with Crippen LogP contribution in [0.15, 0.2) is 211 Å². The van der Waals surface area contributed by atoms with Crippen molar-refractivity contribution in [1.29, 1.82) is 0 Å². The predicted octanol–water partition coefficient (Wildman–Crippen LogP) is 14.9. The summed E-state index contributed by atoms with van der Waals surface area (Å²) in [5.41, 5.74) is 13.4. The van der Waals surface area contributed by atoms with Gasteiger partial charge in [0.25, 0.3) is 0 Å². The van der Waals surface area contributed by atoms with Gasteiger partial charge in [0.2, 0.25) is 0 Å². The van der Waals surface area contributed by atoms with Gasteiger partial charge in [0, 0.05) is 16.5 Å². The number of aromatic nitrogens is 1. The summed E-state index contributed by atoms with van der Waals surface area (Å²) in [4.78, 5) is 2.37. The summed E-state index contributed by atoms with van der Waals surface area (Å²) < 4.78 is 11.7. The average molecular weight is 806 g/mol. The second kappa shape index (κ2) is 13.2. The van der Waals surface area contributed by atoms with Crippen molar-refractivity contribution in [2.24, 2.45) is 0 Å². The molecule has 0 spiro atoms. The van der Waals surface area contributed by atoms with Crippen LogP contribution < -0.4 is 4.90 Å². The maximum Gasteiger partial charge on any atom is 0.0541 e. The summed E-state index contributed by atoms with van der Waals surface area (Å²) in [5.74, 6) is 0. The summed E-state index contributed by atoms with van der Waals surface area (Å²) in [7, 11) is 0. The predicted molar refractivity (Wildman–Crippen MR) is 246 cm³/mol. The van der Waals surface area contributed by atoms with E-state index >= 15 is 0 Å². The number of nitrogens with zero attached hydrogens (tertiary/aromatic N) is 2. The van der Waals surface area contributed by atoms with E-state index in [4.69, 9.17) is 4.42 Å². The number of para-hydroxylation sites is 3. The van der Waals surface area contributed by atoms with Gasteiger partial charge < -0.3 is 4.57 Å². The molecule has 3 heterocycles. The molecule has 58 heavy (non-hydrogen) atoms. The Hall–Kier alpha value is -7.10. The van der Waals surface area contributed by atoms with Gasteiger partial charge in [0.1, 0.15) is 0 Å². The Labute approximate surface area is 341 Å². The van der Waals surface area contributed by atoms with Crippen LogP contribution in [0.2, 0.25) is 0 Å². The first kappa shape index (κ1) is 33.1. The largest absolute Gasteiger partial charge is 0.0602 e. The summed E-state index contributed by atoms with van der Waals surface area (Å²) in [6.07, 6.45) is 0. The Morgan fingerprint density at radius 2 is 0.966 bits per heavy atom. The van der Waals surface area contributed by atoms with Crippen LogP contribution in [0.4, 0.5) is 17.1 Å². The van der Waals surface area contributed by atoms with E-state index in [-0.39, 0.29) is 0 Å². The van der Waals surface area contributed by atoms with Crippen LogP contribution in [-0.4, -0.2) is 19.1 Å². The minimum Gasteiger partial charge on any atom is -0.0602 e. The number of anilines is 3. The molecule has 9 aromatic carbocycles. The molecule has 0 saturated carbocycles. The van der Waals surface area contributed by atoms with Crippen LogP contribution in [0.1, 0.15) is 0 Å². The fraction of sp³-hybridized carbons (Fsp3) is 0. The van der Waals surface area contributed by atoms with Gasteiger partial charge in [-0.1, -0.05) is 54.6 Å². The zero-order chi connectivity index (χ0) is 38.2. The number of hydrogen-bond donors (Lipinski definition) is 0. The monoisotopic (exact) mass is 806 g/mol. The molecule has 272 valence electrons. The molecule has 0 aliphatic carbocycles. The normalized spacial score (nSPS) is 11.8. The summed E-state index contributed by atoms with van der Waals surface area (Å²) in [6, 6.07) is 74.8. The van der Waals surface area contributed by atoms with E-state index in [1.54, 1.807) is 0 Å². The van der Waals surface area contributed by atoms with Crippen molar-refractivity contribution in [2.75, 3.05) is 4.90 Å². The molecule has 3 nitrogen and oxygen atoms in total. The number of benzene rings is 9. The zero-order valence-electron chi connectivity index (χ0n) is 31.3. The minimum absolute atomic E-state index is 0.323. The van der Waals surface area contributed by atoms with Gasteiger partial charge in [-0.05, 0) is 42.0 Å². The Kier molecular flexibility index (Phi) is 7.56. The van der Waals surface area contributed by atoms with Crippen LogP contribution in [0.5, 0.6) is 0 Å². The molecule has 3 aromatic heterocycles. The van der Waals surface area contributed by atoms with Gasteiger partial charge in [-0.3, -0.25) is 0 Å². The molecule has 0 fully saturated rings. The summed E-state index contributed by atoms with van der Waals surface area (Å²) >= 11 is 0.323. The van der Waals surface area contributed by atoms with Gasteiger partial charge in [0.05, 0.1) is 11.0 Å². The van der Waals surface area contributed by atoms with Crippen molar-refractivity contribution in [3.05, 3.63) is 206 Å². The van der Waals surface area contributed by atoms with Crippen LogP contribution in [0, 0.1) is 0 Å². The molecule has 0 unspecified atom stereocenters. The first-order valence-corrected chi connectivity index (χ1v) is 21.4. The molecule has 12 rings (SSSR count). The maximum atomic E-state index is 6.40. The third kappa shape index (κ3) is 5.27. The van der Waals surface area contributed by atoms with E-state index in [1.807, 2.05) is 6.07 Å². The topological polar surface area (TPSA) is 21.3 Å². The summed E-state index contributed by atoms with van der Waals surface area (Å²) in [6.45, 7) is 0. The molecular formula is C54H34N2OSe. The molecule has 0 atom stereocenters. The second-order valence-corrected chi connectivity index (χ2v) is 17.2.